The Morgan fingerprint density at radius 3 is 2.62 bits per heavy atom. The molecule has 1 unspecified atom stereocenters. The van der Waals surface area contributed by atoms with Gasteiger partial charge >= 0.3 is 5.97 Å². The standard InChI is InChI=1S/C20H30O4/c1-12(2)14-6-7-20(18(23)24)9-8-19(3)15(17(14)20)5-4-13(11-21)10-16(19)22/h4,12,15-16,21-22H,5-11H2,1-3H3,(H,23,24)/t15-,16?,19-,20+/m1/s1. The molecule has 0 aromatic heterocycles. The highest BCUT2D eigenvalue weighted by molar-refractivity contribution is 5.81. The number of aliphatic hydroxyl groups excluding tert-OH is 2. The predicted molar refractivity (Wildman–Crippen MR) is 92.4 cm³/mol. The van der Waals surface area contributed by atoms with Gasteiger partial charge in [-0.3, -0.25) is 4.79 Å². The van der Waals surface area contributed by atoms with Crippen molar-refractivity contribution in [3.05, 3.63) is 22.8 Å². The summed E-state index contributed by atoms with van der Waals surface area (Å²) in [6, 6.07) is 0. The molecule has 3 rings (SSSR count). The highest BCUT2D eigenvalue weighted by atomic mass is 16.4. The molecule has 3 aliphatic rings. The number of rotatable bonds is 3. The number of hydrogen-bond acceptors (Lipinski definition) is 3. The van der Waals surface area contributed by atoms with Gasteiger partial charge in [-0.15, -0.1) is 0 Å². The van der Waals surface area contributed by atoms with Gasteiger partial charge in [0.05, 0.1) is 18.1 Å². The highest BCUT2D eigenvalue weighted by Gasteiger charge is 2.59. The average Bonchev–Trinajstić information content (AvgIpc) is 2.88. The summed E-state index contributed by atoms with van der Waals surface area (Å²) in [5.41, 5.74) is 2.23. The van der Waals surface area contributed by atoms with E-state index < -0.39 is 17.5 Å². The van der Waals surface area contributed by atoms with Crippen molar-refractivity contribution in [1.82, 2.24) is 0 Å². The zero-order valence-corrected chi connectivity index (χ0v) is 15.0. The molecule has 0 heterocycles. The maximum absolute atomic E-state index is 12.2. The Morgan fingerprint density at radius 2 is 2.04 bits per heavy atom. The average molecular weight is 334 g/mol. The lowest BCUT2D eigenvalue weighted by atomic mass is 9.53. The number of hydrogen-bond donors (Lipinski definition) is 3. The third kappa shape index (κ3) is 2.38. The fourth-order valence-corrected chi connectivity index (χ4v) is 5.42. The van der Waals surface area contributed by atoms with Gasteiger partial charge in [-0.1, -0.05) is 32.4 Å². The van der Waals surface area contributed by atoms with Gasteiger partial charge < -0.3 is 15.3 Å². The van der Waals surface area contributed by atoms with Gasteiger partial charge in [-0.2, -0.15) is 0 Å². The Kier molecular flexibility index (Phi) is 4.42. The van der Waals surface area contributed by atoms with Gasteiger partial charge in [-0.25, -0.2) is 0 Å². The van der Waals surface area contributed by atoms with Crippen LogP contribution >= 0.6 is 0 Å². The molecule has 134 valence electrons. The molecule has 0 aromatic rings. The molecule has 0 radical (unpaired) electrons. The summed E-state index contributed by atoms with van der Waals surface area (Å²) in [6.45, 7) is 6.38. The lowest BCUT2D eigenvalue weighted by Gasteiger charge is -2.51. The first-order chi connectivity index (χ1) is 11.3. The molecule has 3 N–H and O–H groups in total. The SMILES string of the molecule is CC(C)C1=C2[C@H]3CC=C(CO)CC(O)[C@]3(C)CC[C@@]2(C(=O)O)CC1. The fourth-order valence-electron chi connectivity index (χ4n) is 5.42. The summed E-state index contributed by atoms with van der Waals surface area (Å²) >= 11 is 0. The summed E-state index contributed by atoms with van der Waals surface area (Å²) in [5, 5.41) is 30.5. The number of aliphatic carboxylic acids is 1. The molecule has 1 fully saturated rings. The molecule has 3 aliphatic carbocycles. The second-order valence-electron chi connectivity index (χ2n) is 8.52. The van der Waals surface area contributed by atoms with E-state index in [1.807, 2.05) is 6.08 Å². The molecule has 4 atom stereocenters. The van der Waals surface area contributed by atoms with Crippen LogP contribution in [0.1, 0.15) is 59.3 Å². The van der Waals surface area contributed by atoms with E-state index in [2.05, 4.69) is 20.8 Å². The summed E-state index contributed by atoms with van der Waals surface area (Å²) < 4.78 is 0. The smallest absolute Gasteiger partial charge is 0.313 e. The van der Waals surface area contributed by atoms with Crippen LogP contribution in [0, 0.1) is 22.7 Å². The van der Waals surface area contributed by atoms with Crippen molar-refractivity contribution >= 4 is 5.97 Å². The molecular formula is C20H30O4. The Morgan fingerprint density at radius 1 is 1.33 bits per heavy atom. The van der Waals surface area contributed by atoms with E-state index in [9.17, 15) is 20.1 Å². The van der Waals surface area contributed by atoms with Gasteiger partial charge in [0, 0.05) is 5.41 Å². The maximum Gasteiger partial charge on any atom is 0.313 e. The first kappa shape index (κ1) is 17.7. The van der Waals surface area contributed by atoms with E-state index in [1.165, 1.54) is 5.57 Å². The van der Waals surface area contributed by atoms with Crippen molar-refractivity contribution in [2.75, 3.05) is 6.61 Å². The first-order valence-electron chi connectivity index (χ1n) is 9.20. The van der Waals surface area contributed by atoms with Crippen LogP contribution in [0.5, 0.6) is 0 Å². The molecule has 0 spiro atoms. The van der Waals surface area contributed by atoms with Crippen LogP contribution in [0.3, 0.4) is 0 Å². The summed E-state index contributed by atoms with van der Waals surface area (Å²) in [4.78, 5) is 12.2. The Balaban J connectivity index is 2.15. The van der Waals surface area contributed by atoms with Crippen molar-refractivity contribution in [2.24, 2.45) is 22.7 Å². The Hall–Kier alpha value is -1.13. The number of fused-ring (bicyclic) bond motifs is 3. The monoisotopic (exact) mass is 334 g/mol. The van der Waals surface area contributed by atoms with Crippen molar-refractivity contribution in [3.63, 3.8) is 0 Å². The fraction of sp³-hybridized carbons (Fsp3) is 0.750. The van der Waals surface area contributed by atoms with Gasteiger partial charge in [0.15, 0.2) is 0 Å². The van der Waals surface area contributed by atoms with E-state index in [0.717, 1.165) is 30.4 Å². The predicted octanol–water partition coefficient (Wildman–Crippen LogP) is 3.29. The van der Waals surface area contributed by atoms with Crippen molar-refractivity contribution in [1.29, 1.82) is 0 Å². The zero-order valence-electron chi connectivity index (χ0n) is 15.0. The zero-order chi connectivity index (χ0) is 17.7. The minimum atomic E-state index is -0.735. The van der Waals surface area contributed by atoms with Crippen LogP contribution < -0.4 is 0 Å². The summed E-state index contributed by atoms with van der Waals surface area (Å²) in [5.74, 6) is -0.299. The molecule has 4 heteroatoms. The molecule has 1 saturated carbocycles. The second-order valence-corrected chi connectivity index (χ2v) is 8.52. The molecule has 0 bridgehead atoms. The Labute approximate surface area is 144 Å². The number of carboxylic acids is 1. The third-order valence-electron chi connectivity index (χ3n) is 7.09. The van der Waals surface area contributed by atoms with Crippen molar-refractivity contribution < 1.29 is 20.1 Å². The van der Waals surface area contributed by atoms with Crippen LogP contribution in [0.25, 0.3) is 0 Å². The topological polar surface area (TPSA) is 77.8 Å². The number of aliphatic hydroxyl groups is 2. The minimum Gasteiger partial charge on any atom is -0.481 e. The van der Waals surface area contributed by atoms with Gasteiger partial charge in [-0.05, 0) is 61.5 Å². The third-order valence-corrected chi connectivity index (χ3v) is 7.09. The second kappa shape index (κ2) is 5.99. The quantitative estimate of drug-likeness (QED) is 0.692. The van der Waals surface area contributed by atoms with Gasteiger partial charge in [0.25, 0.3) is 0 Å². The summed E-state index contributed by atoms with van der Waals surface area (Å²) in [7, 11) is 0. The van der Waals surface area contributed by atoms with Crippen LogP contribution in [-0.4, -0.2) is 34.0 Å². The molecule has 0 amide bonds. The van der Waals surface area contributed by atoms with Crippen LogP contribution in [0.15, 0.2) is 22.8 Å². The number of carbonyl (C=O) groups is 1. The van der Waals surface area contributed by atoms with Crippen LogP contribution in [-0.2, 0) is 4.79 Å². The van der Waals surface area contributed by atoms with Gasteiger partial charge in [0.1, 0.15) is 0 Å². The van der Waals surface area contributed by atoms with Gasteiger partial charge in [0.2, 0.25) is 0 Å². The van der Waals surface area contributed by atoms with E-state index in [1.54, 1.807) is 0 Å². The van der Waals surface area contributed by atoms with Crippen LogP contribution in [0.4, 0.5) is 0 Å². The minimum absolute atomic E-state index is 0.0278. The normalized spacial score (nSPS) is 39.3. The van der Waals surface area contributed by atoms with Crippen molar-refractivity contribution in [3.8, 4) is 0 Å². The molecule has 0 aliphatic heterocycles. The maximum atomic E-state index is 12.2. The number of allylic oxidation sites excluding steroid dienone is 2. The number of carboxylic acid groups (broad SMARTS) is 1. The summed E-state index contributed by atoms with van der Waals surface area (Å²) in [6.07, 6.45) is 5.64. The molecule has 0 aromatic carbocycles. The van der Waals surface area contributed by atoms with Crippen LogP contribution in [0.2, 0.25) is 0 Å². The van der Waals surface area contributed by atoms with Crippen molar-refractivity contribution in [2.45, 2.75) is 65.4 Å². The highest BCUT2D eigenvalue weighted by Crippen LogP contribution is 2.63. The molecular weight excluding hydrogens is 304 g/mol. The largest absolute Gasteiger partial charge is 0.481 e. The van der Waals surface area contributed by atoms with E-state index in [4.69, 9.17) is 0 Å². The van der Waals surface area contributed by atoms with E-state index in [-0.39, 0.29) is 17.9 Å². The van der Waals surface area contributed by atoms with E-state index in [0.29, 0.717) is 25.2 Å². The lowest BCUT2D eigenvalue weighted by Crippen LogP contribution is -2.49. The first-order valence-corrected chi connectivity index (χ1v) is 9.20. The lowest BCUT2D eigenvalue weighted by molar-refractivity contribution is -0.151. The molecule has 24 heavy (non-hydrogen) atoms. The Bertz CT molecular complexity index is 603. The van der Waals surface area contributed by atoms with E-state index >= 15 is 0 Å². The molecule has 0 saturated heterocycles. The molecule has 4 nitrogen and oxygen atoms in total.